The number of nitrogens with zero attached hydrogens (tertiary/aromatic N) is 5. The van der Waals surface area contributed by atoms with Crippen LogP contribution in [0.2, 0.25) is 0 Å². The molecule has 1 aromatic carbocycles. The molecule has 0 fully saturated rings. The van der Waals surface area contributed by atoms with Gasteiger partial charge in [0.05, 0.1) is 10.9 Å². The number of pyridine rings is 1. The predicted octanol–water partition coefficient (Wildman–Crippen LogP) is 2.52. The standard InChI is InChI=1S/C15H10N6OS/c22-15(10-4-5-12-11(9-10)19-20-23-12)18-14-6-8-17-21(14)13-3-1-2-7-16-13/h1-9H,(H,18,22). The molecule has 0 unspecified atom stereocenters. The van der Waals surface area contributed by atoms with Gasteiger partial charge in [0, 0.05) is 17.8 Å². The number of aromatic nitrogens is 5. The van der Waals surface area contributed by atoms with Crippen molar-refractivity contribution in [2.75, 3.05) is 5.32 Å². The SMILES string of the molecule is O=C(Nc1ccnn1-c1ccccn1)c1ccc2snnc2c1. The van der Waals surface area contributed by atoms with Gasteiger partial charge in [-0.05, 0) is 41.9 Å². The van der Waals surface area contributed by atoms with Gasteiger partial charge < -0.3 is 5.32 Å². The summed E-state index contributed by atoms with van der Waals surface area (Å²) >= 11 is 1.30. The number of amides is 1. The number of carbonyl (C=O) groups is 1. The Hall–Kier alpha value is -3.13. The molecule has 0 spiro atoms. The van der Waals surface area contributed by atoms with E-state index in [9.17, 15) is 4.79 Å². The van der Waals surface area contributed by atoms with Crippen molar-refractivity contribution in [3.63, 3.8) is 0 Å². The first-order valence-electron chi connectivity index (χ1n) is 6.80. The van der Waals surface area contributed by atoms with Gasteiger partial charge >= 0.3 is 0 Å². The van der Waals surface area contributed by atoms with E-state index in [2.05, 4.69) is 25.0 Å². The largest absolute Gasteiger partial charge is 0.306 e. The molecule has 112 valence electrons. The molecule has 4 aromatic rings. The first-order valence-corrected chi connectivity index (χ1v) is 7.57. The molecule has 23 heavy (non-hydrogen) atoms. The molecular weight excluding hydrogens is 312 g/mol. The summed E-state index contributed by atoms with van der Waals surface area (Å²) in [5.74, 6) is 0.940. The van der Waals surface area contributed by atoms with E-state index in [1.807, 2.05) is 24.3 Å². The lowest BCUT2D eigenvalue weighted by molar-refractivity contribution is 0.102. The molecule has 0 aliphatic heterocycles. The summed E-state index contributed by atoms with van der Waals surface area (Å²) in [5.41, 5.74) is 1.22. The van der Waals surface area contributed by atoms with Crippen molar-refractivity contribution in [1.82, 2.24) is 24.4 Å². The highest BCUT2D eigenvalue weighted by atomic mass is 32.1. The average Bonchev–Trinajstić information content (AvgIpc) is 3.23. The molecule has 8 heteroatoms. The van der Waals surface area contributed by atoms with E-state index in [0.717, 1.165) is 4.70 Å². The maximum atomic E-state index is 12.4. The van der Waals surface area contributed by atoms with Crippen molar-refractivity contribution >= 4 is 33.5 Å². The van der Waals surface area contributed by atoms with Crippen molar-refractivity contribution in [3.8, 4) is 5.82 Å². The Bertz CT molecular complexity index is 978. The summed E-state index contributed by atoms with van der Waals surface area (Å²) in [4.78, 5) is 16.7. The molecule has 1 N–H and O–H groups in total. The Balaban J connectivity index is 1.63. The Kier molecular flexibility index (Phi) is 3.28. The van der Waals surface area contributed by atoms with Gasteiger partial charge in [0.15, 0.2) is 5.82 Å². The fourth-order valence-electron chi connectivity index (χ4n) is 2.17. The maximum absolute atomic E-state index is 12.4. The van der Waals surface area contributed by atoms with Crippen LogP contribution in [0.1, 0.15) is 10.4 Å². The van der Waals surface area contributed by atoms with Crippen LogP contribution in [0.4, 0.5) is 5.82 Å². The number of nitrogens with one attached hydrogen (secondary N) is 1. The Labute approximate surface area is 134 Å². The molecule has 3 heterocycles. The van der Waals surface area contributed by atoms with Gasteiger partial charge in [-0.1, -0.05) is 10.6 Å². The summed E-state index contributed by atoms with van der Waals surface area (Å²) in [7, 11) is 0. The summed E-state index contributed by atoms with van der Waals surface area (Å²) in [6.07, 6.45) is 3.28. The number of rotatable bonds is 3. The monoisotopic (exact) mass is 322 g/mol. The average molecular weight is 322 g/mol. The topological polar surface area (TPSA) is 85.6 Å². The van der Waals surface area contributed by atoms with Crippen LogP contribution in [-0.2, 0) is 0 Å². The van der Waals surface area contributed by atoms with E-state index in [0.29, 0.717) is 22.7 Å². The summed E-state index contributed by atoms with van der Waals surface area (Å²) in [6.45, 7) is 0. The van der Waals surface area contributed by atoms with Gasteiger partial charge in [-0.15, -0.1) is 5.10 Å². The zero-order chi connectivity index (χ0) is 15.6. The minimum absolute atomic E-state index is 0.238. The molecule has 0 atom stereocenters. The lowest BCUT2D eigenvalue weighted by Crippen LogP contribution is -2.15. The van der Waals surface area contributed by atoms with E-state index in [1.165, 1.54) is 11.5 Å². The molecule has 4 rings (SSSR count). The second-order valence-electron chi connectivity index (χ2n) is 4.73. The van der Waals surface area contributed by atoms with Gasteiger partial charge in [-0.2, -0.15) is 9.78 Å². The number of hydrogen-bond donors (Lipinski definition) is 1. The quantitative estimate of drug-likeness (QED) is 0.626. The molecule has 0 aliphatic rings. The fourth-order valence-corrected chi connectivity index (χ4v) is 2.71. The molecular formula is C15H10N6OS. The van der Waals surface area contributed by atoms with Crippen molar-refractivity contribution in [1.29, 1.82) is 0 Å². The van der Waals surface area contributed by atoms with Gasteiger partial charge in [-0.3, -0.25) is 4.79 Å². The van der Waals surface area contributed by atoms with Crippen molar-refractivity contribution in [3.05, 3.63) is 60.4 Å². The Morgan fingerprint density at radius 2 is 2.09 bits per heavy atom. The number of fused-ring (bicyclic) bond motifs is 1. The molecule has 0 saturated heterocycles. The van der Waals surface area contributed by atoms with Gasteiger partial charge in [0.2, 0.25) is 0 Å². The van der Waals surface area contributed by atoms with E-state index in [1.54, 1.807) is 35.3 Å². The van der Waals surface area contributed by atoms with Crippen LogP contribution in [0, 0.1) is 0 Å². The van der Waals surface area contributed by atoms with Crippen LogP contribution >= 0.6 is 11.5 Å². The van der Waals surface area contributed by atoms with E-state index in [-0.39, 0.29) is 5.91 Å². The fraction of sp³-hybridized carbons (Fsp3) is 0. The van der Waals surface area contributed by atoms with Crippen LogP contribution in [0.25, 0.3) is 16.0 Å². The third-order valence-corrected chi connectivity index (χ3v) is 3.96. The third-order valence-electron chi connectivity index (χ3n) is 3.26. The molecule has 1 amide bonds. The zero-order valence-electron chi connectivity index (χ0n) is 11.7. The molecule has 0 aliphatic carbocycles. The van der Waals surface area contributed by atoms with E-state index < -0.39 is 0 Å². The highest BCUT2D eigenvalue weighted by Crippen LogP contribution is 2.18. The van der Waals surface area contributed by atoms with Gasteiger partial charge in [-0.25, -0.2) is 4.98 Å². The Morgan fingerprint density at radius 3 is 2.96 bits per heavy atom. The molecule has 7 nitrogen and oxygen atoms in total. The molecule has 0 radical (unpaired) electrons. The van der Waals surface area contributed by atoms with E-state index >= 15 is 0 Å². The summed E-state index contributed by atoms with van der Waals surface area (Å²) in [5, 5.41) is 11.0. The number of benzene rings is 1. The van der Waals surface area contributed by atoms with Crippen molar-refractivity contribution < 1.29 is 4.79 Å². The normalized spacial score (nSPS) is 10.8. The number of hydrogen-bond acceptors (Lipinski definition) is 6. The molecule has 3 aromatic heterocycles. The minimum atomic E-state index is -0.238. The molecule has 0 saturated carbocycles. The van der Waals surface area contributed by atoms with Crippen molar-refractivity contribution in [2.24, 2.45) is 0 Å². The smallest absolute Gasteiger partial charge is 0.256 e. The Morgan fingerprint density at radius 1 is 1.13 bits per heavy atom. The summed E-state index contributed by atoms with van der Waals surface area (Å²) < 4.78 is 6.38. The number of anilines is 1. The second-order valence-corrected chi connectivity index (χ2v) is 5.51. The predicted molar refractivity (Wildman–Crippen MR) is 86.7 cm³/mol. The van der Waals surface area contributed by atoms with Crippen LogP contribution in [0.15, 0.2) is 54.9 Å². The minimum Gasteiger partial charge on any atom is -0.306 e. The van der Waals surface area contributed by atoms with E-state index in [4.69, 9.17) is 0 Å². The first kappa shape index (κ1) is 13.5. The third kappa shape index (κ3) is 2.55. The molecule has 0 bridgehead atoms. The number of carbonyl (C=O) groups excluding carboxylic acids is 1. The van der Waals surface area contributed by atoms with Crippen molar-refractivity contribution in [2.45, 2.75) is 0 Å². The van der Waals surface area contributed by atoms with Crippen LogP contribution in [0.3, 0.4) is 0 Å². The summed E-state index contributed by atoms with van der Waals surface area (Å²) in [6, 6.07) is 12.5. The van der Waals surface area contributed by atoms with Crippen LogP contribution < -0.4 is 5.32 Å². The van der Waals surface area contributed by atoms with Crippen LogP contribution in [0.5, 0.6) is 0 Å². The highest BCUT2D eigenvalue weighted by molar-refractivity contribution is 7.12. The second kappa shape index (κ2) is 5.58. The highest BCUT2D eigenvalue weighted by Gasteiger charge is 2.12. The van der Waals surface area contributed by atoms with Crippen LogP contribution in [-0.4, -0.2) is 30.3 Å². The van der Waals surface area contributed by atoms with Gasteiger partial charge in [0.1, 0.15) is 11.3 Å². The van der Waals surface area contributed by atoms with Gasteiger partial charge in [0.25, 0.3) is 5.91 Å². The lowest BCUT2D eigenvalue weighted by atomic mass is 10.2. The zero-order valence-corrected chi connectivity index (χ0v) is 12.6. The lowest BCUT2D eigenvalue weighted by Gasteiger charge is -2.08. The maximum Gasteiger partial charge on any atom is 0.256 e. The first-order chi connectivity index (χ1) is 11.3.